The van der Waals surface area contributed by atoms with Gasteiger partial charge in [-0.1, -0.05) is 19.8 Å². The minimum atomic E-state index is -3.00. The summed E-state index contributed by atoms with van der Waals surface area (Å²) in [5, 5.41) is 18.3. The van der Waals surface area contributed by atoms with Crippen LogP contribution in [0.1, 0.15) is 141 Å². The third kappa shape index (κ3) is 65.1. The Morgan fingerprint density at radius 1 is 0.167 bits per heavy atom. The van der Waals surface area contributed by atoms with E-state index in [4.69, 9.17) is 117 Å². The van der Waals surface area contributed by atoms with Gasteiger partial charge in [0.1, 0.15) is 0 Å². The fourth-order valence-electron chi connectivity index (χ4n) is 16.2. The molecule has 0 heterocycles. The Morgan fingerprint density at radius 3 is 0.484 bits per heavy atom. The van der Waals surface area contributed by atoms with Crippen LogP contribution in [0.4, 0.5) is 0 Å². The fourth-order valence-corrected chi connectivity index (χ4v) is 99.9. The zero-order valence-electron chi connectivity index (χ0n) is 89.2. The van der Waals surface area contributed by atoms with Gasteiger partial charge in [0.25, 0.3) is 0 Å². The van der Waals surface area contributed by atoms with Crippen LogP contribution in [0.5, 0.6) is 0 Å². The summed E-state index contributed by atoms with van der Waals surface area (Å²) in [6, 6.07) is 8.53. The SMILES string of the molecule is CCCC[Si](C)(O[Si](C)(C)C)O[Si](C)(CCC[Si](OCC)(OCC)OCC)O[Si](C)(C)O[Si](C)(C)C.CCO[Si](CCC[Si](C)(O[Si](C)(C)C)O[Si](C)(CCC[Si](OCC)(OCC)OCC)O[Si](C)(CCCOCCO)O[Si](C)(C)C)(OCC)OCC.CCO[Si](CCC[Si](C)(O[Si](C)(C)O[Si](C)(C)C)O[Si](C)(CCCOCCO)O[Si](C)(C)C)(OCC)OCC. The molecular weight excluding hydrogens is 1930 g/mol. The van der Waals surface area contributed by atoms with E-state index in [0.29, 0.717) is 118 Å². The Morgan fingerprint density at radius 2 is 0.325 bits per heavy atom. The van der Waals surface area contributed by atoms with Crippen molar-refractivity contribution in [2.45, 2.75) is 398 Å². The fraction of sp³-hybridized carbons (Fsp3) is 1.00. The van der Waals surface area contributed by atoms with Gasteiger partial charge in [0.2, 0.25) is 0 Å². The molecule has 28 nitrogen and oxygen atoms in total. The van der Waals surface area contributed by atoms with Gasteiger partial charge in [0.15, 0.2) is 49.9 Å². The average Bonchev–Trinajstić information content (AvgIpc) is 0.801. The molecule has 0 bridgehead atoms. The van der Waals surface area contributed by atoms with Gasteiger partial charge < -0.3 is 122 Å². The molecule has 47 heteroatoms. The van der Waals surface area contributed by atoms with Crippen LogP contribution < -0.4 is 0 Å². The van der Waals surface area contributed by atoms with Gasteiger partial charge in [-0.2, -0.15) is 0 Å². The maximum Gasteiger partial charge on any atom is 0.500 e. The van der Waals surface area contributed by atoms with Crippen molar-refractivity contribution < 1.29 is 122 Å². The third-order valence-electron chi connectivity index (χ3n) is 18.0. The molecule has 126 heavy (non-hydrogen) atoms. The Balaban J connectivity index is -0.00000184. The van der Waals surface area contributed by atoms with Crippen LogP contribution in [0, 0.1) is 0 Å². The highest BCUT2D eigenvalue weighted by Crippen LogP contribution is 2.40. The van der Waals surface area contributed by atoms with Crippen molar-refractivity contribution in [3.05, 3.63) is 0 Å². The lowest BCUT2D eigenvalue weighted by atomic mass is 10.4. The van der Waals surface area contributed by atoms with Crippen LogP contribution in [-0.2, 0) is 112 Å². The molecular formula is C79H202O28Si19. The summed E-state index contributed by atoms with van der Waals surface area (Å²) < 4.78 is 170. The van der Waals surface area contributed by atoms with Gasteiger partial charge in [-0.05, 0) is 354 Å². The van der Waals surface area contributed by atoms with E-state index < -0.39 is 162 Å². The minimum Gasteiger partial charge on any atom is -0.437 e. The molecule has 762 valence electrons. The summed E-state index contributed by atoms with van der Waals surface area (Å²) in [6.07, 6.45) is 7.12. The van der Waals surface area contributed by atoms with E-state index in [2.05, 4.69) is 197 Å². The molecule has 0 aromatic carbocycles. The largest absolute Gasteiger partial charge is 0.500 e. The van der Waals surface area contributed by atoms with Crippen LogP contribution in [0.15, 0.2) is 0 Å². The number of unbranched alkanes of at least 4 members (excludes halogenated alkanes) is 1. The zero-order valence-corrected chi connectivity index (χ0v) is 108. The first-order chi connectivity index (χ1) is 57.7. The van der Waals surface area contributed by atoms with Gasteiger partial charge >= 0.3 is 112 Å². The first kappa shape index (κ1) is 133. The molecule has 0 amide bonds. The quantitative estimate of drug-likeness (QED) is 0.0423. The van der Waals surface area contributed by atoms with Crippen LogP contribution in [0.2, 0.25) is 256 Å². The standard InChI is InChI=1S/C32H80O12Si7.C24H62O9Si6.C23H60O7Si6/c1-16-35-50(36-17-2,37-18-3)31-23-29-48(14,42-46(10,11)12)44-49(15,30-24-32-51(38-19-4,39-20-5)40-21-6)43-47(13,41-45(7,8)9)28-22-26-34-27-25-33;1-14-27-39(28-15-2,29-16-3)24-18-23-38(13,32-36(10,11)30-34(4,5)6)33-37(12,31-35(7,8)9)22-17-20-26-21-19-25;1-15-19-21-34(13,28-32(8,9)10)30-35(14,29-33(11,12)27-31(5,6)7)22-20-23-36(24-16-2,25-17-3)26-18-4/h33H,16-32H2,1-15H3;25H,14-24H2,1-13H3;15-23H2,1-14H3. The summed E-state index contributed by atoms with van der Waals surface area (Å²) in [6.45, 7) is 98.8. The van der Waals surface area contributed by atoms with Crippen LogP contribution in [0.25, 0.3) is 0 Å². The summed E-state index contributed by atoms with van der Waals surface area (Å²) in [5.41, 5.74) is 0. The number of aliphatic hydroxyl groups excluding tert-OH is 2. The number of hydrogen-bond donors (Lipinski definition) is 2. The van der Waals surface area contributed by atoms with Crippen LogP contribution in [0.3, 0.4) is 0 Å². The van der Waals surface area contributed by atoms with E-state index in [9.17, 15) is 5.11 Å². The van der Waals surface area contributed by atoms with Crippen molar-refractivity contribution in [2.75, 3.05) is 119 Å². The minimum absolute atomic E-state index is 0.00901. The normalized spacial score (nSPS) is 17.0. The maximum absolute atomic E-state index is 9.23. The first-order valence-corrected chi connectivity index (χ1v) is 99.7. The molecule has 7 unspecified atom stereocenters. The van der Waals surface area contributed by atoms with E-state index in [-0.39, 0.29) is 13.2 Å². The summed E-state index contributed by atoms with van der Waals surface area (Å²) >= 11 is 0. The summed E-state index contributed by atoms with van der Waals surface area (Å²) in [4.78, 5) is 0. The molecule has 2 N–H and O–H groups in total. The number of rotatable bonds is 79. The lowest BCUT2D eigenvalue weighted by molar-refractivity contribution is 0.0701. The van der Waals surface area contributed by atoms with E-state index in [1.165, 1.54) is 0 Å². The van der Waals surface area contributed by atoms with Crippen LogP contribution >= 0.6 is 0 Å². The first-order valence-electron chi connectivity index (χ1n) is 48.2. The second-order valence-electron chi connectivity index (χ2n) is 40.0. The van der Waals surface area contributed by atoms with Crippen molar-refractivity contribution in [3.8, 4) is 0 Å². The molecule has 0 aliphatic carbocycles. The molecule has 0 aliphatic heterocycles. The predicted octanol–water partition coefficient (Wildman–Crippen LogP) is 22.4. The van der Waals surface area contributed by atoms with Gasteiger partial charge in [-0.15, -0.1) is 0 Å². The van der Waals surface area contributed by atoms with Gasteiger partial charge in [0, 0.05) is 117 Å². The smallest absolute Gasteiger partial charge is 0.437 e. The average molecular weight is 2130 g/mol. The van der Waals surface area contributed by atoms with Gasteiger partial charge in [-0.3, -0.25) is 0 Å². The monoisotopic (exact) mass is 2130 g/mol. The molecule has 0 spiro atoms. The maximum atomic E-state index is 9.23. The second-order valence-corrected chi connectivity index (χ2v) is 111. The Kier molecular flexibility index (Phi) is 67.3. The van der Waals surface area contributed by atoms with E-state index in [0.717, 1.165) is 106 Å². The number of aliphatic hydroxyl groups is 2. The zero-order chi connectivity index (χ0) is 98.0. The lowest BCUT2D eigenvalue weighted by Crippen LogP contribution is -2.61. The predicted molar refractivity (Wildman–Crippen MR) is 563 cm³/mol. The van der Waals surface area contributed by atoms with E-state index >= 15 is 0 Å². The molecule has 7 atom stereocenters. The van der Waals surface area contributed by atoms with Crippen molar-refractivity contribution in [2.24, 2.45) is 0 Å². The summed E-state index contributed by atoms with van der Waals surface area (Å²) in [7, 11) is -46.6. The van der Waals surface area contributed by atoms with E-state index in [1.807, 2.05) is 83.1 Å². The molecule has 0 aliphatic rings. The van der Waals surface area contributed by atoms with Gasteiger partial charge in [0.05, 0.1) is 26.4 Å². The Labute approximate surface area is 794 Å². The Hall–Kier alpha value is 3.00. The van der Waals surface area contributed by atoms with Crippen molar-refractivity contribution in [1.82, 2.24) is 0 Å². The lowest BCUT2D eigenvalue weighted by Gasteiger charge is -2.45. The molecule has 0 aromatic rings. The topological polar surface area (TPSA) is 280 Å². The highest BCUT2D eigenvalue weighted by molar-refractivity contribution is 6.94. The third-order valence-corrected chi connectivity index (χ3v) is 86.1. The molecule has 0 aromatic heterocycles. The number of ether oxygens (including phenoxy) is 2. The molecule has 0 saturated heterocycles. The van der Waals surface area contributed by atoms with Crippen molar-refractivity contribution in [3.63, 3.8) is 0 Å². The van der Waals surface area contributed by atoms with Crippen LogP contribution in [-0.4, -0.2) is 291 Å². The molecule has 0 saturated carbocycles. The van der Waals surface area contributed by atoms with E-state index in [1.54, 1.807) is 0 Å². The van der Waals surface area contributed by atoms with Crippen molar-refractivity contribution in [1.29, 1.82) is 0 Å². The highest BCUT2D eigenvalue weighted by Gasteiger charge is 2.56. The molecule has 0 fully saturated rings. The second kappa shape index (κ2) is 63.7. The molecule has 0 radical (unpaired) electrons. The number of hydrogen-bond acceptors (Lipinski definition) is 28. The summed E-state index contributed by atoms with van der Waals surface area (Å²) in [5.74, 6) is 0. The highest BCUT2D eigenvalue weighted by atomic mass is 28.5. The van der Waals surface area contributed by atoms with Crippen molar-refractivity contribution >= 4 is 162 Å². The Bertz CT molecular complexity index is 2670. The molecule has 0 rings (SSSR count). The van der Waals surface area contributed by atoms with Gasteiger partial charge in [-0.25, -0.2) is 0 Å².